The van der Waals surface area contributed by atoms with Crippen LogP contribution in [0.5, 0.6) is 0 Å². The van der Waals surface area contributed by atoms with Gasteiger partial charge in [0.25, 0.3) is 0 Å². The minimum atomic E-state index is -0.716. The lowest BCUT2D eigenvalue weighted by atomic mass is 10.0. The van der Waals surface area contributed by atoms with Gasteiger partial charge in [-0.15, -0.1) is 0 Å². The number of aliphatic carboxylic acids is 1. The summed E-state index contributed by atoms with van der Waals surface area (Å²) >= 11 is 0. The van der Waals surface area contributed by atoms with Crippen molar-refractivity contribution < 1.29 is 19.4 Å². The molecule has 0 aromatic carbocycles. The number of ether oxygens (including phenoxy) is 1. The summed E-state index contributed by atoms with van der Waals surface area (Å²) in [6.45, 7) is 4.41. The zero-order chi connectivity index (χ0) is 35.0. The smallest absolute Gasteiger partial charge is 0.306 e. The van der Waals surface area contributed by atoms with Crippen LogP contribution in [0.15, 0.2) is 85.1 Å². The van der Waals surface area contributed by atoms with Crippen molar-refractivity contribution in [1.82, 2.24) is 0 Å². The van der Waals surface area contributed by atoms with Gasteiger partial charge >= 0.3 is 11.9 Å². The van der Waals surface area contributed by atoms with Crippen molar-refractivity contribution in [3.63, 3.8) is 0 Å². The van der Waals surface area contributed by atoms with Crippen molar-refractivity contribution >= 4 is 11.9 Å². The minimum absolute atomic E-state index is 0.0220. The van der Waals surface area contributed by atoms with Crippen molar-refractivity contribution in [2.75, 3.05) is 0 Å². The fourth-order valence-corrected chi connectivity index (χ4v) is 5.25. The Labute approximate surface area is 296 Å². The maximum Gasteiger partial charge on any atom is 0.306 e. The average Bonchev–Trinajstić information content (AvgIpc) is 3.07. The van der Waals surface area contributed by atoms with Crippen molar-refractivity contribution in [2.24, 2.45) is 0 Å². The normalized spacial score (nSPS) is 13.2. The van der Waals surface area contributed by atoms with Gasteiger partial charge in [0, 0.05) is 12.8 Å². The highest BCUT2D eigenvalue weighted by Crippen LogP contribution is 2.17. The molecule has 0 aliphatic heterocycles. The summed E-state index contributed by atoms with van der Waals surface area (Å²) in [5.41, 5.74) is 0. The fourth-order valence-electron chi connectivity index (χ4n) is 5.25. The Morgan fingerprint density at radius 2 is 0.917 bits per heavy atom. The summed E-state index contributed by atoms with van der Waals surface area (Å²) in [7, 11) is 0. The number of allylic oxidation sites excluding steroid dienone is 14. The quantitative estimate of drug-likeness (QED) is 0.0422. The molecule has 1 atom stereocenters. The maximum absolute atomic E-state index is 12.6. The molecular weight excluding hydrogens is 592 g/mol. The monoisotopic (exact) mass is 665 g/mol. The van der Waals surface area contributed by atoms with E-state index in [4.69, 9.17) is 9.84 Å². The highest BCUT2D eigenvalue weighted by atomic mass is 16.5. The zero-order valence-corrected chi connectivity index (χ0v) is 31.0. The molecule has 0 fully saturated rings. The Kier molecular flexibility index (Phi) is 36.3. The van der Waals surface area contributed by atoms with E-state index >= 15 is 0 Å². The number of hydrogen-bond acceptors (Lipinski definition) is 3. The van der Waals surface area contributed by atoms with Crippen LogP contribution in [-0.4, -0.2) is 23.1 Å². The molecule has 4 nitrogen and oxygen atoms in total. The van der Waals surface area contributed by atoms with E-state index in [0.717, 1.165) is 109 Å². The van der Waals surface area contributed by atoms with E-state index in [1.54, 1.807) is 0 Å². The molecule has 1 unspecified atom stereocenters. The average molecular weight is 665 g/mol. The molecule has 0 bridgehead atoms. The number of hydrogen-bond donors (Lipinski definition) is 1. The van der Waals surface area contributed by atoms with Gasteiger partial charge in [-0.05, 0) is 103 Å². The van der Waals surface area contributed by atoms with Crippen LogP contribution in [0, 0.1) is 0 Å². The second kappa shape index (κ2) is 38.6. The number of esters is 1. The second-order valence-corrected chi connectivity index (χ2v) is 12.7. The van der Waals surface area contributed by atoms with Gasteiger partial charge in [0.15, 0.2) is 0 Å². The molecule has 1 N–H and O–H groups in total. The Morgan fingerprint density at radius 3 is 1.48 bits per heavy atom. The number of rotatable bonds is 34. The molecule has 0 radical (unpaired) electrons. The van der Waals surface area contributed by atoms with Gasteiger partial charge in [0.2, 0.25) is 0 Å². The molecule has 272 valence electrons. The Morgan fingerprint density at radius 1 is 0.479 bits per heavy atom. The number of unbranched alkanes of at least 4 members (excludes halogenated alkanes) is 11. The largest absolute Gasteiger partial charge is 0.481 e. The molecule has 0 rings (SSSR count). The van der Waals surface area contributed by atoms with E-state index in [2.05, 4.69) is 98.9 Å². The minimum Gasteiger partial charge on any atom is -0.481 e. The second-order valence-electron chi connectivity index (χ2n) is 12.7. The van der Waals surface area contributed by atoms with Crippen LogP contribution >= 0.6 is 0 Å². The molecule has 0 heterocycles. The summed E-state index contributed by atoms with van der Waals surface area (Å²) in [4.78, 5) is 23.4. The summed E-state index contributed by atoms with van der Waals surface area (Å²) < 4.78 is 5.94. The number of carboxylic acids is 1. The molecule has 48 heavy (non-hydrogen) atoms. The highest BCUT2D eigenvalue weighted by Gasteiger charge is 2.14. The van der Waals surface area contributed by atoms with E-state index in [9.17, 15) is 9.59 Å². The predicted molar refractivity (Wildman–Crippen MR) is 208 cm³/mol. The SMILES string of the molecule is CC/C=C\C/C=C\C/C=C\C/C=C\C/C=C\CCCC(=O)OC(CCC/C=C\C/C=C\CCCCCCC)CCCCCCCC(=O)O. The van der Waals surface area contributed by atoms with Gasteiger partial charge in [-0.25, -0.2) is 0 Å². The van der Waals surface area contributed by atoms with Crippen LogP contribution in [0.1, 0.15) is 174 Å². The summed E-state index contributed by atoms with van der Waals surface area (Å²) in [6, 6.07) is 0. The third-order valence-corrected chi connectivity index (χ3v) is 8.10. The molecule has 0 aromatic rings. The Bertz CT molecular complexity index is 934. The molecule has 0 aliphatic carbocycles. The lowest BCUT2D eigenvalue weighted by Gasteiger charge is -2.18. The third kappa shape index (κ3) is 37.6. The first-order chi connectivity index (χ1) is 23.6. The summed E-state index contributed by atoms with van der Waals surface area (Å²) in [5, 5.41) is 8.82. The van der Waals surface area contributed by atoms with Gasteiger partial charge in [-0.3, -0.25) is 9.59 Å². The first-order valence-corrected chi connectivity index (χ1v) is 19.6. The van der Waals surface area contributed by atoms with Crippen LogP contribution < -0.4 is 0 Å². The van der Waals surface area contributed by atoms with Crippen molar-refractivity contribution in [1.29, 1.82) is 0 Å². The number of carboxylic acid groups (broad SMARTS) is 1. The van der Waals surface area contributed by atoms with Crippen LogP contribution in [0.2, 0.25) is 0 Å². The molecule has 0 amide bonds. The van der Waals surface area contributed by atoms with E-state index in [1.807, 2.05) is 0 Å². The Balaban J connectivity index is 4.27. The lowest BCUT2D eigenvalue weighted by molar-refractivity contribution is -0.150. The molecule has 0 saturated carbocycles. The summed E-state index contributed by atoms with van der Waals surface area (Å²) in [5.74, 6) is -0.796. The van der Waals surface area contributed by atoms with Crippen LogP contribution in [0.3, 0.4) is 0 Å². The standard InChI is InChI=1S/C44H72O4/c1-3-5-7-9-11-13-15-17-18-19-20-22-24-26-28-33-37-41-44(47)48-42(39-35-31-29-32-36-40-43(45)46)38-34-30-27-25-23-21-16-14-12-10-8-6-4-2/h5,7,11,13,16-18,20-22,25-28,42H,3-4,6,8-10,12,14-15,19,23-24,29-41H2,1-2H3,(H,45,46)/b7-5-,13-11-,18-17-,21-16-,22-20-,27-25-,28-26-. The first-order valence-electron chi connectivity index (χ1n) is 19.6. The van der Waals surface area contributed by atoms with Gasteiger partial charge in [-0.1, -0.05) is 144 Å². The van der Waals surface area contributed by atoms with E-state index in [1.165, 1.54) is 38.5 Å². The molecular formula is C44H72O4. The van der Waals surface area contributed by atoms with Crippen LogP contribution in [0.4, 0.5) is 0 Å². The predicted octanol–water partition coefficient (Wildman–Crippen LogP) is 13.7. The van der Waals surface area contributed by atoms with Gasteiger partial charge in [0.05, 0.1) is 0 Å². The maximum atomic E-state index is 12.6. The van der Waals surface area contributed by atoms with Gasteiger partial charge in [0.1, 0.15) is 6.10 Å². The van der Waals surface area contributed by atoms with Crippen molar-refractivity contribution in [3.05, 3.63) is 85.1 Å². The van der Waals surface area contributed by atoms with E-state index < -0.39 is 5.97 Å². The van der Waals surface area contributed by atoms with E-state index in [0.29, 0.717) is 6.42 Å². The van der Waals surface area contributed by atoms with E-state index in [-0.39, 0.29) is 18.5 Å². The van der Waals surface area contributed by atoms with Crippen LogP contribution in [0.25, 0.3) is 0 Å². The van der Waals surface area contributed by atoms with Gasteiger partial charge in [-0.2, -0.15) is 0 Å². The molecule has 0 aromatic heterocycles. The van der Waals surface area contributed by atoms with Crippen molar-refractivity contribution in [3.8, 4) is 0 Å². The molecule has 0 aliphatic rings. The molecule has 4 heteroatoms. The fraction of sp³-hybridized carbons (Fsp3) is 0.636. The highest BCUT2D eigenvalue weighted by molar-refractivity contribution is 5.69. The summed E-state index contributed by atoms with van der Waals surface area (Å²) in [6.07, 6.45) is 55.9. The Hall–Kier alpha value is -2.88. The van der Waals surface area contributed by atoms with Gasteiger partial charge < -0.3 is 9.84 Å². The third-order valence-electron chi connectivity index (χ3n) is 8.10. The lowest BCUT2D eigenvalue weighted by Crippen LogP contribution is -2.18. The van der Waals surface area contributed by atoms with Crippen molar-refractivity contribution in [2.45, 2.75) is 180 Å². The number of carbonyl (C=O) groups excluding carboxylic acids is 1. The first kappa shape index (κ1) is 45.1. The van der Waals surface area contributed by atoms with Crippen LogP contribution in [-0.2, 0) is 14.3 Å². The molecule has 0 saturated heterocycles. The molecule has 0 spiro atoms. The topological polar surface area (TPSA) is 63.6 Å². The number of carbonyl (C=O) groups is 2. The zero-order valence-electron chi connectivity index (χ0n) is 31.0.